The Kier molecular flexibility index (Phi) is 8.77. The highest BCUT2D eigenvalue weighted by Gasteiger charge is 2.20. The van der Waals surface area contributed by atoms with Crippen molar-refractivity contribution in [3.8, 4) is 11.5 Å². The van der Waals surface area contributed by atoms with Crippen LogP contribution in [0.25, 0.3) is 0 Å². The van der Waals surface area contributed by atoms with Gasteiger partial charge in [-0.05, 0) is 62.6 Å². The third-order valence-electron chi connectivity index (χ3n) is 5.14. The SMILES string of the molecule is CC(=O)C(CCCCNC(=O)c1ccccc1)NC(=O)c1ccccc1Oc1ccccc1. The van der Waals surface area contributed by atoms with E-state index in [0.717, 1.165) is 0 Å². The quantitative estimate of drug-likeness (QED) is 0.418. The van der Waals surface area contributed by atoms with Crippen molar-refractivity contribution >= 4 is 17.6 Å². The van der Waals surface area contributed by atoms with Crippen molar-refractivity contribution in [3.05, 3.63) is 96.1 Å². The molecule has 3 aromatic rings. The van der Waals surface area contributed by atoms with Gasteiger partial charge in [-0.2, -0.15) is 0 Å². The summed E-state index contributed by atoms with van der Waals surface area (Å²) in [4.78, 5) is 37.1. The van der Waals surface area contributed by atoms with Crippen molar-refractivity contribution in [3.63, 3.8) is 0 Å². The fourth-order valence-corrected chi connectivity index (χ4v) is 3.34. The molecular formula is C27H28N2O4. The summed E-state index contributed by atoms with van der Waals surface area (Å²) in [5.74, 6) is 0.449. The molecule has 0 aliphatic heterocycles. The number of nitrogens with one attached hydrogen (secondary N) is 2. The first kappa shape index (κ1) is 23.7. The summed E-state index contributed by atoms with van der Waals surface area (Å²) in [5, 5.41) is 5.70. The summed E-state index contributed by atoms with van der Waals surface area (Å²) in [5.41, 5.74) is 0.977. The molecule has 33 heavy (non-hydrogen) atoms. The number of amides is 2. The van der Waals surface area contributed by atoms with Crippen LogP contribution in [0.15, 0.2) is 84.9 Å². The molecule has 3 aromatic carbocycles. The van der Waals surface area contributed by atoms with Crippen LogP contribution in [-0.2, 0) is 4.79 Å². The number of ether oxygens (including phenoxy) is 1. The van der Waals surface area contributed by atoms with Crippen LogP contribution in [0.1, 0.15) is 46.9 Å². The smallest absolute Gasteiger partial charge is 0.255 e. The van der Waals surface area contributed by atoms with Crippen LogP contribution in [0.5, 0.6) is 11.5 Å². The number of ketones is 1. The van der Waals surface area contributed by atoms with Crippen LogP contribution >= 0.6 is 0 Å². The molecule has 0 aliphatic rings. The van der Waals surface area contributed by atoms with E-state index in [-0.39, 0.29) is 17.6 Å². The van der Waals surface area contributed by atoms with Gasteiger partial charge in [0.25, 0.3) is 11.8 Å². The minimum absolute atomic E-state index is 0.113. The maximum atomic E-state index is 12.9. The Labute approximate surface area is 194 Å². The molecule has 1 atom stereocenters. The van der Waals surface area contributed by atoms with Gasteiger partial charge in [0.1, 0.15) is 11.5 Å². The lowest BCUT2D eigenvalue weighted by Gasteiger charge is -2.17. The predicted molar refractivity (Wildman–Crippen MR) is 128 cm³/mol. The molecule has 0 spiro atoms. The minimum Gasteiger partial charge on any atom is -0.457 e. The van der Waals surface area contributed by atoms with Crippen LogP contribution in [-0.4, -0.2) is 30.2 Å². The molecule has 0 fully saturated rings. The number of benzene rings is 3. The first-order valence-electron chi connectivity index (χ1n) is 11.0. The molecule has 2 amide bonds. The monoisotopic (exact) mass is 444 g/mol. The molecule has 0 radical (unpaired) electrons. The van der Waals surface area contributed by atoms with Crippen molar-refractivity contribution in [2.45, 2.75) is 32.2 Å². The van der Waals surface area contributed by atoms with Gasteiger partial charge < -0.3 is 15.4 Å². The maximum Gasteiger partial charge on any atom is 0.255 e. The van der Waals surface area contributed by atoms with E-state index in [9.17, 15) is 14.4 Å². The van der Waals surface area contributed by atoms with Crippen LogP contribution < -0.4 is 15.4 Å². The molecule has 3 rings (SSSR count). The Morgan fingerprint density at radius 1 is 0.788 bits per heavy atom. The Morgan fingerprint density at radius 2 is 1.42 bits per heavy atom. The zero-order chi connectivity index (χ0) is 23.5. The molecule has 0 saturated heterocycles. The number of hydrogen-bond acceptors (Lipinski definition) is 4. The van der Waals surface area contributed by atoms with Crippen molar-refractivity contribution in [2.75, 3.05) is 6.54 Å². The van der Waals surface area contributed by atoms with Crippen molar-refractivity contribution in [1.29, 1.82) is 0 Å². The minimum atomic E-state index is -0.605. The standard InChI is InChI=1S/C27H28N2O4/c1-20(30)24(17-10-11-19-28-26(31)21-12-4-2-5-13-21)29-27(32)23-16-8-9-18-25(23)33-22-14-6-3-7-15-22/h2-9,12-16,18,24H,10-11,17,19H2,1H3,(H,28,31)(H,29,32). The van der Waals surface area contributed by atoms with Crippen LogP contribution in [0.3, 0.4) is 0 Å². The van der Waals surface area contributed by atoms with E-state index in [1.54, 1.807) is 36.4 Å². The molecule has 0 aliphatic carbocycles. The Morgan fingerprint density at radius 3 is 2.12 bits per heavy atom. The fraction of sp³-hybridized carbons (Fsp3) is 0.222. The Bertz CT molecular complexity index is 1070. The number of hydrogen-bond donors (Lipinski definition) is 2. The number of Topliss-reactive ketones (excluding diaryl/α,β-unsaturated/α-hetero) is 1. The number of para-hydroxylation sites is 2. The lowest BCUT2D eigenvalue weighted by molar-refractivity contribution is -0.119. The highest BCUT2D eigenvalue weighted by Crippen LogP contribution is 2.25. The van der Waals surface area contributed by atoms with Crippen LogP contribution in [0.2, 0.25) is 0 Å². The van der Waals surface area contributed by atoms with E-state index in [2.05, 4.69) is 10.6 Å². The molecule has 0 bridgehead atoms. The second-order valence-electron chi connectivity index (χ2n) is 7.67. The Balaban J connectivity index is 1.51. The highest BCUT2D eigenvalue weighted by molar-refractivity contribution is 5.99. The summed E-state index contributed by atoms with van der Waals surface area (Å²) in [6.45, 7) is 1.97. The molecule has 0 saturated carbocycles. The maximum absolute atomic E-state index is 12.9. The molecule has 0 heterocycles. The van der Waals surface area contributed by atoms with Gasteiger partial charge >= 0.3 is 0 Å². The van der Waals surface area contributed by atoms with Gasteiger partial charge in [-0.25, -0.2) is 0 Å². The summed E-state index contributed by atoms with van der Waals surface area (Å²) in [6, 6.07) is 24.6. The largest absolute Gasteiger partial charge is 0.457 e. The highest BCUT2D eigenvalue weighted by atomic mass is 16.5. The van der Waals surface area contributed by atoms with Crippen molar-refractivity contribution < 1.29 is 19.1 Å². The van der Waals surface area contributed by atoms with Gasteiger partial charge in [0.2, 0.25) is 0 Å². The van der Waals surface area contributed by atoms with Gasteiger partial charge in [0.15, 0.2) is 5.78 Å². The van der Waals surface area contributed by atoms with E-state index < -0.39 is 6.04 Å². The number of rotatable bonds is 11. The lowest BCUT2D eigenvalue weighted by Crippen LogP contribution is -2.40. The molecular weight excluding hydrogens is 416 g/mol. The molecule has 6 nitrogen and oxygen atoms in total. The topological polar surface area (TPSA) is 84.5 Å². The van der Waals surface area contributed by atoms with Crippen molar-refractivity contribution in [2.24, 2.45) is 0 Å². The first-order chi connectivity index (χ1) is 16.0. The third-order valence-corrected chi connectivity index (χ3v) is 5.14. The van der Waals surface area contributed by atoms with E-state index in [1.165, 1.54) is 6.92 Å². The summed E-state index contributed by atoms with van der Waals surface area (Å²) < 4.78 is 5.86. The molecule has 6 heteroatoms. The van der Waals surface area contributed by atoms with Crippen LogP contribution in [0, 0.1) is 0 Å². The van der Waals surface area contributed by atoms with Gasteiger partial charge in [-0.15, -0.1) is 0 Å². The number of unbranched alkanes of at least 4 members (excludes halogenated alkanes) is 1. The fourth-order valence-electron chi connectivity index (χ4n) is 3.34. The molecule has 0 aromatic heterocycles. The number of carbonyl (C=O) groups excluding carboxylic acids is 3. The summed E-state index contributed by atoms with van der Waals surface area (Å²) in [6.07, 6.45) is 1.87. The zero-order valence-electron chi connectivity index (χ0n) is 18.6. The van der Waals surface area contributed by atoms with E-state index in [0.29, 0.717) is 48.4 Å². The normalized spacial score (nSPS) is 11.3. The van der Waals surface area contributed by atoms with Gasteiger partial charge in [-0.1, -0.05) is 48.5 Å². The Hall–Kier alpha value is -3.93. The van der Waals surface area contributed by atoms with E-state index >= 15 is 0 Å². The molecule has 1 unspecified atom stereocenters. The molecule has 170 valence electrons. The van der Waals surface area contributed by atoms with E-state index in [1.807, 2.05) is 48.5 Å². The second-order valence-corrected chi connectivity index (χ2v) is 7.67. The second kappa shape index (κ2) is 12.2. The van der Waals surface area contributed by atoms with E-state index in [4.69, 9.17) is 4.74 Å². The first-order valence-corrected chi connectivity index (χ1v) is 11.0. The van der Waals surface area contributed by atoms with Gasteiger partial charge in [0.05, 0.1) is 11.6 Å². The predicted octanol–water partition coefficient (Wildman–Crippen LogP) is 4.77. The average Bonchev–Trinajstić information content (AvgIpc) is 2.84. The summed E-state index contributed by atoms with van der Waals surface area (Å²) in [7, 11) is 0. The lowest BCUT2D eigenvalue weighted by atomic mass is 10.0. The number of carbonyl (C=O) groups is 3. The third kappa shape index (κ3) is 7.31. The van der Waals surface area contributed by atoms with Gasteiger partial charge in [0, 0.05) is 12.1 Å². The summed E-state index contributed by atoms with van der Waals surface area (Å²) >= 11 is 0. The molecule has 2 N–H and O–H groups in total. The average molecular weight is 445 g/mol. The van der Waals surface area contributed by atoms with Crippen molar-refractivity contribution in [1.82, 2.24) is 10.6 Å². The zero-order valence-corrected chi connectivity index (χ0v) is 18.6. The van der Waals surface area contributed by atoms with Crippen LogP contribution in [0.4, 0.5) is 0 Å². The van der Waals surface area contributed by atoms with Gasteiger partial charge in [-0.3, -0.25) is 14.4 Å².